The first-order chi connectivity index (χ1) is 9.84. The maximum absolute atomic E-state index is 5.76. The van der Waals surface area contributed by atoms with E-state index in [0.29, 0.717) is 13.2 Å². The summed E-state index contributed by atoms with van der Waals surface area (Å²) < 4.78 is 11.4. The lowest BCUT2D eigenvalue weighted by atomic mass is 9.81. The fraction of sp³-hybridized carbons (Fsp3) is 0.647. The second-order valence-corrected chi connectivity index (χ2v) is 5.93. The largest absolute Gasteiger partial charge is 0.486 e. The van der Waals surface area contributed by atoms with E-state index in [1.54, 1.807) is 0 Å². The molecule has 0 radical (unpaired) electrons. The number of benzene rings is 1. The van der Waals surface area contributed by atoms with Crippen LogP contribution in [0.4, 0.5) is 0 Å². The van der Waals surface area contributed by atoms with Crippen molar-refractivity contribution in [2.24, 2.45) is 0 Å². The van der Waals surface area contributed by atoms with Crippen LogP contribution in [0, 0.1) is 0 Å². The van der Waals surface area contributed by atoms with E-state index in [4.69, 9.17) is 9.47 Å². The van der Waals surface area contributed by atoms with Gasteiger partial charge in [-0.25, -0.2) is 0 Å². The summed E-state index contributed by atoms with van der Waals surface area (Å²) in [5, 5.41) is 3.82. The van der Waals surface area contributed by atoms with Gasteiger partial charge >= 0.3 is 0 Å². The Morgan fingerprint density at radius 2 is 1.95 bits per heavy atom. The van der Waals surface area contributed by atoms with Gasteiger partial charge in [0.2, 0.25) is 0 Å². The predicted molar refractivity (Wildman–Crippen MR) is 80.5 cm³/mol. The van der Waals surface area contributed by atoms with Crippen LogP contribution in [-0.2, 0) is 5.54 Å². The summed E-state index contributed by atoms with van der Waals surface area (Å²) in [4.78, 5) is 0. The van der Waals surface area contributed by atoms with Crippen LogP contribution >= 0.6 is 0 Å². The molecule has 0 saturated carbocycles. The van der Waals surface area contributed by atoms with Crippen LogP contribution in [0.25, 0.3) is 0 Å². The molecule has 0 aromatic heterocycles. The summed E-state index contributed by atoms with van der Waals surface area (Å²) in [6, 6.07) is 6.50. The SMILES string of the molecule is CCCC1(c2ccc3c(c2)OCCO3)CCCCCN1. The lowest BCUT2D eigenvalue weighted by Gasteiger charge is -2.35. The molecular formula is C17H25NO2. The van der Waals surface area contributed by atoms with Crippen molar-refractivity contribution in [1.29, 1.82) is 0 Å². The topological polar surface area (TPSA) is 30.5 Å². The third-order valence-electron chi connectivity index (χ3n) is 4.52. The Morgan fingerprint density at radius 1 is 1.10 bits per heavy atom. The highest BCUT2D eigenvalue weighted by atomic mass is 16.6. The van der Waals surface area contributed by atoms with E-state index in [2.05, 4.69) is 30.4 Å². The maximum Gasteiger partial charge on any atom is 0.161 e. The van der Waals surface area contributed by atoms with Gasteiger partial charge in [0, 0.05) is 5.54 Å². The fourth-order valence-electron chi connectivity index (χ4n) is 3.52. The Labute approximate surface area is 121 Å². The monoisotopic (exact) mass is 275 g/mol. The van der Waals surface area contributed by atoms with E-state index in [-0.39, 0.29) is 5.54 Å². The number of ether oxygens (including phenoxy) is 2. The molecule has 0 bridgehead atoms. The van der Waals surface area contributed by atoms with E-state index in [1.165, 1.54) is 44.1 Å². The van der Waals surface area contributed by atoms with Crippen molar-refractivity contribution < 1.29 is 9.47 Å². The quantitative estimate of drug-likeness (QED) is 0.914. The van der Waals surface area contributed by atoms with Crippen LogP contribution in [0.1, 0.15) is 51.0 Å². The molecule has 3 nitrogen and oxygen atoms in total. The molecule has 0 amide bonds. The smallest absolute Gasteiger partial charge is 0.161 e. The first-order valence-electron chi connectivity index (χ1n) is 7.99. The minimum Gasteiger partial charge on any atom is -0.486 e. The van der Waals surface area contributed by atoms with Crippen molar-refractivity contribution in [3.05, 3.63) is 23.8 Å². The number of hydrogen-bond acceptors (Lipinski definition) is 3. The molecule has 20 heavy (non-hydrogen) atoms. The van der Waals surface area contributed by atoms with Gasteiger partial charge in [-0.05, 0) is 43.5 Å². The van der Waals surface area contributed by atoms with Crippen molar-refractivity contribution in [2.45, 2.75) is 51.0 Å². The molecule has 2 aliphatic heterocycles. The molecule has 1 aromatic carbocycles. The van der Waals surface area contributed by atoms with Gasteiger partial charge in [0.15, 0.2) is 11.5 Å². The van der Waals surface area contributed by atoms with Crippen molar-refractivity contribution in [3.63, 3.8) is 0 Å². The van der Waals surface area contributed by atoms with Crippen LogP contribution in [0.2, 0.25) is 0 Å². The van der Waals surface area contributed by atoms with Gasteiger partial charge < -0.3 is 14.8 Å². The van der Waals surface area contributed by atoms with E-state index in [0.717, 1.165) is 18.0 Å². The van der Waals surface area contributed by atoms with E-state index >= 15 is 0 Å². The highest BCUT2D eigenvalue weighted by molar-refractivity contribution is 5.46. The van der Waals surface area contributed by atoms with Crippen LogP contribution in [0.3, 0.4) is 0 Å². The highest BCUT2D eigenvalue weighted by Crippen LogP contribution is 2.39. The second kappa shape index (κ2) is 6.04. The number of fused-ring (bicyclic) bond motifs is 1. The number of rotatable bonds is 3. The van der Waals surface area contributed by atoms with Crippen LogP contribution in [0.15, 0.2) is 18.2 Å². The molecule has 3 heteroatoms. The molecule has 2 aliphatic rings. The van der Waals surface area contributed by atoms with Crippen molar-refractivity contribution in [1.82, 2.24) is 5.32 Å². The summed E-state index contributed by atoms with van der Waals surface area (Å²) >= 11 is 0. The molecule has 0 spiro atoms. The van der Waals surface area contributed by atoms with Gasteiger partial charge in [-0.1, -0.05) is 32.3 Å². The normalized spacial score (nSPS) is 26.1. The number of hydrogen-bond donors (Lipinski definition) is 1. The molecule has 1 atom stereocenters. The first kappa shape index (κ1) is 13.7. The van der Waals surface area contributed by atoms with E-state index in [1.807, 2.05) is 0 Å². The molecule has 1 saturated heterocycles. The Morgan fingerprint density at radius 3 is 2.80 bits per heavy atom. The molecule has 3 rings (SSSR count). The maximum atomic E-state index is 5.76. The van der Waals surface area contributed by atoms with Crippen LogP contribution in [0.5, 0.6) is 11.5 Å². The molecule has 1 aromatic rings. The lowest BCUT2D eigenvalue weighted by molar-refractivity contribution is 0.170. The molecule has 1 N–H and O–H groups in total. The zero-order valence-corrected chi connectivity index (χ0v) is 12.4. The molecule has 1 unspecified atom stereocenters. The van der Waals surface area contributed by atoms with Crippen LogP contribution in [-0.4, -0.2) is 19.8 Å². The fourth-order valence-corrected chi connectivity index (χ4v) is 3.52. The van der Waals surface area contributed by atoms with Gasteiger partial charge in [-0.3, -0.25) is 0 Å². The van der Waals surface area contributed by atoms with E-state index in [9.17, 15) is 0 Å². The third-order valence-corrected chi connectivity index (χ3v) is 4.52. The number of nitrogens with one attached hydrogen (secondary N) is 1. The zero-order chi connectivity index (χ0) is 13.8. The summed E-state index contributed by atoms with van der Waals surface area (Å²) in [6.07, 6.45) is 7.54. The van der Waals surface area contributed by atoms with Crippen molar-refractivity contribution >= 4 is 0 Å². The molecule has 110 valence electrons. The third kappa shape index (κ3) is 2.64. The highest BCUT2D eigenvalue weighted by Gasteiger charge is 2.32. The first-order valence-corrected chi connectivity index (χ1v) is 7.99. The summed E-state index contributed by atoms with van der Waals surface area (Å²) in [6.45, 7) is 4.70. The van der Waals surface area contributed by atoms with Gasteiger partial charge in [-0.2, -0.15) is 0 Å². The van der Waals surface area contributed by atoms with Gasteiger partial charge in [0.25, 0.3) is 0 Å². The Hall–Kier alpha value is -1.22. The Bertz CT molecular complexity index is 450. The Kier molecular flexibility index (Phi) is 4.16. The average molecular weight is 275 g/mol. The minimum atomic E-state index is 0.126. The lowest BCUT2D eigenvalue weighted by Crippen LogP contribution is -2.41. The molecule has 1 fully saturated rings. The average Bonchev–Trinajstić information content (AvgIpc) is 2.74. The van der Waals surface area contributed by atoms with Gasteiger partial charge in [-0.15, -0.1) is 0 Å². The molecule has 2 heterocycles. The molecule has 0 aliphatic carbocycles. The summed E-state index contributed by atoms with van der Waals surface area (Å²) in [7, 11) is 0. The second-order valence-electron chi connectivity index (χ2n) is 5.93. The van der Waals surface area contributed by atoms with Gasteiger partial charge in [0.05, 0.1) is 0 Å². The van der Waals surface area contributed by atoms with Crippen molar-refractivity contribution in [3.8, 4) is 11.5 Å². The predicted octanol–water partition coefficient (Wildman–Crippen LogP) is 3.62. The molecular weight excluding hydrogens is 250 g/mol. The minimum absolute atomic E-state index is 0.126. The summed E-state index contributed by atoms with van der Waals surface area (Å²) in [5.41, 5.74) is 1.49. The van der Waals surface area contributed by atoms with Crippen molar-refractivity contribution in [2.75, 3.05) is 19.8 Å². The van der Waals surface area contributed by atoms with Crippen LogP contribution < -0.4 is 14.8 Å². The van der Waals surface area contributed by atoms with Gasteiger partial charge in [0.1, 0.15) is 13.2 Å². The van der Waals surface area contributed by atoms with E-state index < -0.39 is 0 Å². The Balaban J connectivity index is 1.93. The standard InChI is InChI=1S/C17H25NO2/c1-2-8-17(9-4-3-5-10-18-17)14-6-7-15-16(13-14)20-12-11-19-15/h6-7,13,18H,2-5,8-12H2,1H3. The summed E-state index contributed by atoms with van der Waals surface area (Å²) in [5.74, 6) is 1.80. The zero-order valence-electron chi connectivity index (χ0n) is 12.4.